The van der Waals surface area contributed by atoms with Gasteiger partial charge in [-0.25, -0.2) is 14.4 Å². The molecule has 14 nitrogen and oxygen atoms in total. The molecule has 71 heavy (non-hydrogen) atoms. The van der Waals surface area contributed by atoms with Gasteiger partial charge < -0.3 is 34.1 Å². The third kappa shape index (κ3) is 9.83. The molecule has 2 fully saturated rings. The van der Waals surface area contributed by atoms with Gasteiger partial charge in [-0.1, -0.05) is 48.5 Å². The number of aromatic nitrogens is 3. The number of aromatic amines is 2. The number of amides is 1. The number of fused-ring (bicyclic) bond motifs is 3. The molecule has 9 rings (SSSR count). The zero-order valence-corrected chi connectivity index (χ0v) is 37.2. The molecule has 5 heterocycles. The highest BCUT2D eigenvalue weighted by molar-refractivity contribution is 6.06. The van der Waals surface area contributed by atoms with Crippen molar-refractivity contribution in [3.8, 4) is 33.8 Å². The number of halogens is 9. The Bertz CT molecular complexity index is 3180. The molecular weight excluding hydrogens is 958 g/mol. The number of H-pyrrole nitrogens is 2. The number of hydrogen-bond donors (Lipinski definition) is 2. The fourth-order valence-electron chi connectivity index (χ4n) is 9.14. The average molecular weight is 998 g/mol. The second-order valence-corrected chi connectivity index (χ2v) is 16.9. The van der Waals surface area contributed by atoms with E-state index in [2.05, 4.69) is 35.3 Å². The largest absolute Gasteiger partial charge is 0.493 e. The van der Waals surface area contributed by atoms with E-state index in [9.17, 15) is 58.7 Å². The Morgan fingerprint density at radius 2 is 1.18 bits per heavy atom. The van der Waals surface area contributed by atoms with E-state index in [0.29, 0.717) is 36.0 Å². The molecule has 2 saturated heterocycles. The van der Waals surface area contributed by atoms with Gasteiger partial charge in [0.1, 0.15) is 0 Å². The van der Waals surface area contributed by atoms with Crippen LogP contribution in [-0.2, 0) is 32.3 Å². The van der Waals surface area contributed by atoms with Crippen LogP contribution in [0.3, 0.4) is 0 Å². The average Bonchev–Trinajstić information content (AvgIpc) is 4.03. The van der Waals surface area contributed by atoms with Crippen LogP contribution in [0, 0.1) is 0 Å². The van der Waals surface area contributed by atoms with Crippen molar-refractivity contribution in [1.82, 2.24) is 29.4 Å². The monoisotopic (exact) mass is 997 g/mol. The van der Waals surface area contributed by atoms with Gasteiger partial charge in [-0.05, 0) is 47.5 Å². The lowest BCUT2D eigenvalue weighted by molar-refractivity contribution is -0.199. The third-order valence-corrected chi connectivity index (χ3v) is 12.5. The minimum atomic E-state index is -5.80. The van der Waals surface area contributed by atoms with E-state index in [-0.39, 0.29) is 48.9 Å². The molecule has 372 valence electrons. The molecule has 0 spiro atoms. The first-order valence-corrected chi connectivity index (χ1v) is 21.9. The molecule has 3 aromatic heterocycles. The molecule has 0 saturated carbocycles. The zero-order valence-electron chi connectivity index (χ0n) is 37.2. The van der Waals surface area contributed by atoms with Crippen LogP contribution >= 0.6 is 0 Å². The maximum atomic E-state index is 14.0. The van der Waals surface area contributed by atoms with Crippen molar-refractivity contribution in [2.45, 2.75) is 38.5 Å². The number of piperazine rings is 2. The summed E-state index contributed by atoms with van der Waals surface area (Å²) in [5.74, 6) is -11.8. The van der Waals surface area contributed by atoms with Crippen molar-refractivity contribution >= 4 is 62.2 Å². The number of carbonyl (C=O) groups is 4. The number of carbonyl (C=O) groups excluding carboxylic acids is 4. The number of esters is 2. The summed E-state index contributed by atoms with van der Waals surface area (Å²) in [6.45, 7) is 4.62. The smallest absolute Gasteiger partial charge is 0.416 e. The van der Waals surface area contributed by atoms with Crippen molar-refractivity contribution in [1.29, 1.82) is 0 Å². The first-order chi connectivity index (χ1) is 33.7. The maximum absolute atomic E-state index is 14.0. The second kappa shape index (κ2) is 18.7. The van der Waals surface area contributed by atoms with Gasteiger partial charge in [-0.2, -0.15) is 44.2 Å². The fraction of sp³-hybridized carbons (Fsp3) is 0.292. The first kappa shape index (κ1) is 48.5. The number of benzene rings is 4. The van der Waals surface area contributed by atoms with Gasteiger partial charge in [0, 0.05) is 123 Å². The molecule has 1 amide bonds. The van der Waals surface area contributed by atoms with Crippen molar-refractivity contribution in [3.05, 3.63) is 103 Å². The first-order valence-electron chi connectivity index (χ1n) is 21.9. The number of rotatable bonds is 10. The van der Waals surface area contributed by atoms with Crippen LogP contribution in [0.2, 0.25) is 0 Å². The molecule has 0 atom stereocenters. The summed E-state index contributed by atoms with van der Waals surface area (Å²) in [6.07, 6.45) is -15.3. The lowest BCUT2D eigenvalue weighted by Crippen LogP contribution is -2.48. The van der Waals surface area contributed by atoms with Crippen LogP contribution in [0.25, 0.3) is 55.0 Å². The highest BCUT2D eigenvalue weighted by Crippen LogP contribution is 2.47. The van der Waals surface area contributed by atoms with Gasteiger partial charge in [-0.3, -0.25) is 14.6 Å². The topological polar surface area (TPSA) is 145 Å². The maximum Gasteiger partial charge on any atom is 0.493 e. The Morgan fingerprint density at radius 3 is 1.83 bits per heavy atom. The molecule has 0 unspecified atom stereocenters. The second-order valence-electron chi connectivity index (χ2n) is 16.9. The summed E-state index contributed by atoms with van der Waals surface area (Å²) in [6, 6.07) is 22.9. The van der Waals surface area contributed by atoms with Gasteiger partial charge in [-0.15, -0.1) is 0 Å². The number of alkyl halides is 9. The summed E-state index contributed by atoms with van der Waals surface area (Å²) in [4.78, 5) is 68.8. The fourth-order valence-corrected chi connectivity index (χ4v) is 9.14. The summed E-state index contributed by atoms with van der Waals surface area (Å²) < 4.78 is 134. The Morgan fingerprint density at radius 1 is 0.592 bits per heavy atom. The van der Waals surface area contributed by atoms with Crippen LogP contribution < -0.4 is 19.2 Å². The van der Waals surface area contributed by atoms with Crippen LogP contribution in [-0.4, -0.2) is 124 Å². The highest BCUT2D eigenvalue weighted by Gasteiger charge is 2.46. The molecule has 4 aromatic carbocycles. The molecule has 0 aliphatic carbocycles. The van der Waals surface area contributed by atoms with E-state index in [1.807, 2.05) is 48.7 Å². The van der Waals surface area contributed by atoms with Gasteiger partial charge in [0.2, 0.25) is 5.91 Å². The summed E-state index contributed by atoms with van der Waals surface area (Å²) in [5, 5.41) is 1.14. The zero-order chi connectivity index (χ0) is 50.6. The van der Waals surface area contributed by atoms with E-state index in [1.54, 1.807) is 17.0 Å². The molecule has 2 aliphatic heterocycles. The lowest BCUT2D eigenvalue weighted by atomic mass is 9.96. The Hall–Kier alpha value is -7.53. The predicted octanol–water partition coefficient (Wildman–Crippen LogP) is 8.38. The van der Waals surface area contributed by atoms with Crippen molar-refractivity contribution in [2.75, 3.05) is 57.3 Å². The molecule has 0 radical (unpaired) electrons. The van der Waals surface area contributed by atoms with Crippen LogP contribution in [0.15, 0.2) is 91.1 Å². The quantitative estimate of drug-likeness (QED) is 0.0779. The minimum absolute atomic E-state index is 0.0171. The number of anilines is 1. The van der Waals surface area contributed by atoms with Crippen molar-refractivity contribution in [3.63, 3.8) is 0 Å². The predicted molar refractivity (Wildman–Crippen MR) is 239 cm³/mol. The SMILES string of the molecule is CC(=O)N1CCN(Cc2c(-c3ccc(-c4c(CN5CCN(c6cccc7[nH]ccc67)CC5)[nH]c5ccccc45)cc3)c3c(OC(=O)C(F)(F)F)c(OC(=O)C(F)(F)F)ccc3n2OC(=O)C(F)(F)F)CC1. The summed E-state index contributed by atoms with van der Waals surface area (Å²) in [7, 11) is 0. The minimum Gasteiger partial charge on any atom is -0.416 e. The molecule has 2 N–H and O–H groups in total. The van der Waals surface area contributed by atoms with E-state index >= 15 is 0 Å². The van der Waals surface area contributed by atoms with Crippen LogP contribution in [0.1, 0.15) is 18.3 Å². The Kier molecular flexibility index (Phi) is 12.7. The molecule has 2 aliphatic rings. The Labute approximate surface area is 396 Å². The van der Waals surface area contributed by atoms with Crippen LogP contribution in [0.5, 0.6) is 11.5 Å². The molecule has 7 aromatic rings. The van der Waals surface area contributed by atoms with Gasteiger partial charge in [0.05, 0.1) is 16.6 Å². The number of hydrogen-bond acceptors (Lipinski definition) is 10. The molecule has 23 heteroatoms. The lowest BCUT2D eigenvalue weighted by Gasteiger charge is -2.36. The molecule has 0 bridgehead atoms. The number of nitrogens with zero attached hydrogens (tertiary/aromatic N) is 5. The highest BCUT2D eigenvalue weighted by atomic mass is 19.4. The molecular formula is C48H40F9N7O7. The van der Waals surface area contributed by atoms with Gasteiger partial charge >= 0.3 is 36.4 Å². The van der Waals surface area contributed by atoms with Crippen LogP contribution in [0.4, 0.5) is 45.2 Å². The number of nitrogens with one attached hydrogen (secondary N) is 2. The standard InChI is InChI=1S/C48H40F9N7O7/c1-27(65)62-21-17-61(18-22-62)26-37-40(41-36(64(37)71-45(68)48(55,56)57)13-14-38(69-43(66)46(49,50)51)42(41)70-44(67)47(52,53)54)29-11-9-28(10-12-29)39-31-5-2-3-6-33(31)59-34(39)25-60-19-23-63(24-20-60)35-8-4-7-32-30(35)15-16-58-32/h2-16,58-59H,17-26H2,1H3. The number of para-hydroxylation sites is 1. The van der Waals surface area contributed by atoms with Crippen molar-refractivity contribution in [2.24, 2.45) is 0 Å². The Balaban J connectivity index is 1.16. The summed E-state index contributed by atoms with van der Waals surface area (Å²) in [5.41, 5.74) is 3.65. The number of ether oxygens (including phenoxy) is 2. The van der Waals surface area contributed by atoms with E-state index in [4.69, 9.17) is 4.84 Å². The van der Waals surface area contributed by atoms with E-state index in [1.165, 1.54) is 24.0 Å². The summed E-state index contributed by atoms with van der Waals surface area (Å²) >= 11 is 0. The normalized spacial score (nSPS) is 15.5. The van der Waals surface area contributed by atoms with Gasteiger partial charge in [0.15, 0.2) is 11.5 Å². The van der Waals surface area contributed by atoms with Gasteiger partial charge in [0.25, 0.3) is 0 Å². The third-order valence-electron chi connectivity index (χ3n) is 12.5. The van der Waals surface area contributed by atoms with E-state index in [0.717, 1.165) is 57.9 Å². The van der Waals surface area contributed by atoms with Crippen molar-refractivity contribution < 1.29 is 73.0 Å². The van der Waals surface area contributed by atoms with E-state index < -0.39 is 65.4 Å².